The molecular formula is C8H7BrClNO2. The summed E-state index contributed by atoms with van der Waals surface area (Å²) in [5.74, 6) is 0. The molecule has 0 saturated heterocycles. The lowest BCUT2D eigenvalue weighted by Gasteiger charge is -2.01. The van der Waals surface area contributed by atoms with E-state index in [-0.39, 0.29) is 4.92 Å². The number of benzene rings is 1. The fourth-order valence-corrected chi connectivity index (χ4v) is 1.39. The highest BCUT2D eigenvalue weighted by Crippen LogP contribution is 2.14. The van der Waals surface area contributed by atoms with Crippen LogP contribution in [-0.2, 0) is 6.42 Å². The molecule has 0 aromatic heterocycles. The third-order valence-electron chi connectivity index (χ3n) is 1.55. The van der Waals surface area contributed by atoms with Gasteiger partial charge in [-0.25, -0.2) is 0 Å². The lowest BCUT2D eigenvalue weighted by Crippen LogP contribution is -2.14. The van der Waals surface area contributed by atoms with Crippen molar-refractivity contribution in [3.05, 3.63) is 45.0 Å². The van der Waals surface area contributed by atoms with E-state index in [0.29, 0.717) is 11.4 Å². The minimum absolute atomic E-state index is 0.365. The summed E-state index contributed by atoms with van der Waals surface area (Å²) < 4.78 is 0. The van der Waals surface area contributed by atoms with Gasteiger partial charge in [0.1, 0.15) is 0 Å². The monoisotopic (exact) mass is 263 g/mol. The second kappa shape index (κ2) is 4.58. The van der Waals surface area contributed by atoms with Gasteiger partial charge in [0.15, 0.2) is 0 Å². The van der Waals surface area contributed by atoms with Crippen molar-refractivity contribution in [2.24, 2.45) is 0 Å². The molecule has 0 saturated carbocycles. The van der Waals surface area contributed by atoms with Gasteiger partial charge in [-0.05, 0) is 33.6 Å². The van der Waals surface area contributed by atoms with Gasteiger partial charge < -0.3 is 0 Å². The first-order valence-corrected chi connectivity index (χ1v) is 4.91. The predicted octanol–water partition coefficient (Wildman–Crippen LogP) is 2.88. The zero-order valence-electron chi connectivity index (χ0n) is 6.61. The van der Waals surface area contributed by atoms with E-state index in [9.17, 15) is 10.1 Å². The molecule has 3 nitrogen and oxygen atoms in total. The van der Waals surface area contributed by atoms with Crippen molar-refractivity contribution in [3.8, 4) is 0 Å². The fourth-order valence-electron chi connectivity index (χ4n) is 0.890. The van der Waals surface area contributed by atoms with Crippen molar-refractivity contribution in [1.29, 1.82) is 0 Å². The molecular weight excluding hydrogens is 257 g/mol. The maximum absolute atomic E-state index is 10.3. The Morgan fingerprint density at radius 3 is 2.46 bits per heavy atom. The number of hydrogen-bond donors (Lipinski definition) is 0. The van der Waals surface area contributed by atoms with Gasteiger partial charge in [0.2, 0.25) is 0 Å². The van der Waals surface area contributed by atoms with Crippen molar-refractivity contribution < 1.29 is 4.92 Å². The van der Waals surface area contributed by atoms with Crippen LogP contribution in [0.3, 0.4) is 0 Å². The highest BCUT2D eigenvalue weighted by atomic mass is 79.9. The Kier molecular flexibility index (Phi) is 3.69. The molecule has 0 radical (unpaired) electrons. The van der Waals surface area contributed by atoms with Crippen molar-refractivity contribution in [3.63, 3.8) is 0 Å². The first-order valence-electron chi connectivity index (χ1n) is 3.61. The molecule has 1 aromatic rings. The third-order valence-corrected chi connectivity index (χ3v) is 2.46. The first-order chi connectivity index (χ1) is 6.09. The molecule has 0 heterocycles. The summed E-state index contributed by atoms with van der Waals surface area (Å²) in [4.78, 5) is 9.21. The van der Waals surface area contributed by atoms with Crippen LogP contribution in [0, 0.1) is 10.1 Å². The van der Waals surface area contributed by atoms with E-state index in [4.69, 9.17) is 11.6 Å². The van der Waals surface area contributed by atoms with Crippen molar-refractivity contribution in [2.45, 2.75) is 11.4 Å². The Hall–Kier alpha value is -0.610. The summed E-state index contributed by atoms with van der Waals surface area (Å²) in [5, 5.41) is 10.9. The van der Waals surface area contributed by atoms with Crippen LogP contribution in [0.15, 0.2) is 24.3 Å². The molecule has 70 valence electrons. The number of nitrogens with zero attached hydrogens (tertiary/aromatic N) is 1. The third kappa shape index (κ3) is 3.32. The number of nitro groups is 1. The summed E-state index contributed by atoms with van der Waals surface area (Å²) in [6, 6.07) is 6.99. The van der Waals surface area contributed by atoms with Gasteiger partial charge in [0.05, 0.1) is 6.42 Å². The van der Waals surface area contributed by atoms with Crippen LogP contribution in [0.25, 0.3) is 0 Å². The largest absolute Gasteiger partial charge is 0.269 e. The zero-order chi connectivity index (χ0) is 9.84. The smallest absolute Gasteiger partial charge is 0.263 e. The van der Waals surface area contributed by atoms with Crippen LogP contribution in [0.2, 0.25) is 5.02 Å². The summed E-state index contributed by atoms with van der Waals surface area (Å²) in [6.07, 6.45) is 0.365. The number of alkyl halides is 1. The van der Waals surface area contributed by atoms with Gasteiger partial charge >= 0.3 is 0 Å². The number of rotatable bonds is 3. The van der Waals surface area contributed by atoms with Crippen LogP contribution < -0.4 is 0 Å². The Morgan fingerprint density at radius 1 is 1.46 bits per heavy atom. The van der Waals surface area contributed by atoms with E-state index in [1.165, 1.54) is 0 Å². The molecule has 1 unspecified atom stereocenters. The summed E-state index contributed by atoms with van der Waals surface area (Å²) in [5.41, 5.74) is 0.892. The molecule has 5 heteroatoms. The highest BCUT2D eigenvalue weighted by molar-refractivity contribution is 9.09. The lowest BCUT2D eigenvalue weighted by atomic mass is 10.1. The molecule has 1 aromatic carbocycles. The number of hydrogen-bond acceptors (Lipinski definition) is 2. The van der Waals surface area contributed by atoms with Gasteiger partial charge in [-0.1, -0.05) is 23.7 Å². The van der Waals surface area contributed by atoms with Crippen LogP contribution in [0.1, 0.15) is 5.56 Å². The first kappa shape index (κ1) is 10.5. The Balaban J connectivity index is 2.64. The topological polar surface area (TPSA) is 43.1 Å². The fraction of sp³-hybridized carbons (Fsp3) is 0.250. The molecule has 0 aliphatic rings. The predicted molar refractivity (Wildman–Crippen MR) is 54.9 cm³/mol. The van der Waals surface area contributed by atoms with Crippen LogP contribution in [0.4, 0.5) is 0 Å². The molecule has 0 amide bonds. The molecule has 0 N–H and O–H groups in total. The summed E-state index contributed by atoms with van der Waals surface area (Å²) >= 11 is 8.63. The van der Waals surface area contributed by atoms with Crippen LogP contribution in [0.5, 0.6) is 0 Å². The summed E-state index contributed by atoms with van der Waals surface area (Å²) in [7, 11) is 0. The Bertz CT molecular complexity index is 302. The van der Waals surface area contributed by atoms with E-state index >= 15 is 0 Å². The van der Waals surface area contributed by atoms with Gasteiger partial charge in [-0.15, -0.1) is 0 Å². The minimum Gasteiger partial charge on any atom is -0.263 e. The lowest BCUT2D eigenvalue weighted by molar-refractivity contribution is -0.492. The van der Waals surface area contributed by atoms with Crippen molar-refractivity contribution in [1.82, 2.24) is 0 Å². The SMILES string of the molecule is O=[N+]([O-])C(Br)Cc1ccc(Cl)cc1. The maximum Gasteiger partial charge on any atom is 0.269 e. The van der Waals surface area contributed by atoms with E-state index < -0.39 is 4.95 Å². The van der Waals surface area contributed by atoms with Gasteiger partial charge in [0, 0.05) is 9.95 Å². The molecule has 0 aliphatic carbocycles. The molecule has 0 bridgehead atoms. The number of halogens is 2. The molecule has 1 atom stereocenters. The molecule has 0 aliphatic heterocycles. The van der Waals surface area contributed by atoms with Gasteiger partial charge in [-0.2, -0.15) is 0 Å². The van der Waals surface area contributed by atoms with Gasteiger partial charge in [-0.3, -0.25) is 10.1 Å². The van der Waals surface area contributed by atoms with Crippen LogP contribution in [-0.4, -0.2) is 9.87 Å². The van der Waals surface area contributed by atoms with E-state index in [0.717, 1.165) is 5.56 Å². The normalized spacial score (nSPS) is 12.5. The molecule has 0 fully saturated rings. The van der Waals surface area contributed by atoms with E-state index in [2.05, 4.69) is 15.9 Å². The second-order valence-corrected chi connectivity index (χ2v) is 4.04. The maximum atomic E-state index is 10.3. The molecule has 13 heavy (non-hydrogen) atoms. The average Bonchev–Trinajstić information content (AvgIpc) is 2.08. The minimum atomic E-state index is -0.728. The zero-order valence-corrected chi connectivity index (χ0v) is 8.96. The quantitative estimate of drug-likeness (QED) is 0.365. The highest BCUT2D eigenvalue weighted by Gasteiger charge is 2.14. The summed E-state index contributed by atoms with van der Waals surface area (Å²) in [6.45, 7) is 0. The van der Waals surface area contributed by atoms with Crippen LogP contribution >= 0.6 is 27.5 Å². The molecule has 1 rings (SSSR count). The average molecular weight is 265 g/mol. The van der Waals surface area contributed by atoms with Crippen molar-refractivity contribution in [2.75, 3.05) is 0 Å². The van der Waals surface area contributed by atoms with E-state index in [1.54, 1.807) is 24.3 Å². The van der Waals surface area contributed by atoms with E-state index in [1.807, 2.05) is 0 Å². The van der Waals surface area contributed by atoms with Gasteiger partial charge in [0.25, 0.3) is 4.95 Å². The van der Waals surface area contributed by atoms with Crippen molar-refractivity contribution >= 4 is 27.5 Å². The molecule has 0 spiro atoms. The second-order valence-electron chi connectivity index (χ2n) is 2.55. The Morgan fingerprint density at radius 2 is 2.00 bits per heavy atom. The Labute approximate surface area is 89.0 Å². The standard InChI is InChI=1S/C8H7BrClNO2/c9-8(11(12)13)5-6-1-3-7(10)4-2-6/h1-4,8H,5H2.